The topological polar surface area (TPSA) is 65.2 Å². The molecule has 2 heterocycles. The molecule has 1 aromatic carbocycles. The molecule has 1 unspecified atom stereocenters. The maximum absolute atomic E-state index is 11.8. The third kappa shape index (κ3) is 3.57. The molecule has 0 amide bonds. The number of esters is 1. The van der Waals surface area contributed by atoms with Crippen LogP contribution in [-0.2, 0) is 16.1 Å². The van der Waals surface area contributed by atoms with Gasteiger partial charge in [0.05, 0.1) is 0 Å². The van der Waals surface area contributed by atoms with E-state index in [2.05, 4.69) is 10.2 Å². The van der Waals surface area contributed by atoms with Gasteiger partial charge in [-0.2, -0.15) is 0 Å². The number of hydrogen-bond donors (Lipinski definition) is 0. The highest BCUT2D eigenvalue weighted by Crippen LogP contribution is 2.27. The average Bonchev–Trinajstić information content (AvgIpc) is 3.17. The number of nitrogens with zero attached hydrogens (tertiary/aromatic N) is 2. The summed E-state index contributed by atoms with van der Waals surface area (Å²) >= 11 is 7.46. The Morgan fingerprint density at radius 2 is 2.19 bits per heavy atom. The second kappa shape index (κ2) is 6.49. The minimum atomic E-state index is -0.205. The van der Waals surface area contributed by atoms with E-state index in [1.54, 1.807) is 36.0 Å². The van der Waals surface area contributed by atoms with E-state index in [-0.39, 0.29) is 23.7 Å². The van der Waals surface area contributed by atoms with E-state index in [4.69, 9.17) is 20.8 Å². The van der Waals surface area contributed by atoms with Crippen molar-refractivity contribution >= 4 is 29.3 Å². The molecule has 1 aliphatic heterocycles. The van der Waals surface area contributed by atoms with Crippen molar-refractivity contribution < 1.29 is 13.9 Å². The second-order valence-corrected chi connectivity index (χ2v) is 6.36. The van der Waals surface area contributed by atoms with Crippen molar-refractivity contribution in [2.45, 2.75) is 24.7 Å². The summed E-state index contributed by atoms with van der Waals surface area (Å²) in [6.07, 6.45) is 1.94. The van der Waals surface area contributed by atoms with Crippen LogP contribution in [0.5, 0.6) is 0 Å². The summed E-state index contributed by atoms with van der Waals surface area (Å²) in [5, 5.41) is 8.40. The molecule has 3 rings (SSSR count). The van der Waals surface area contributed by atoms with Crippen LogP contribution in [0.2, 0.25) is 5.02 Å². The number of hydrogen-bond acceptors (Lipinski definition) is 6. The third-order valence-corrected chi connectivity index (χ3v) is 4.70. The van der Waals surface area contributed by atoms with Crippen molar-refractivity contribution in [1.82, 2.24) is 10.2 Å². The molecule has 7 heteroatoms. The Hall–Kier alpha value is -1.53. The second-order valence-electron chi connectivity index (χ2n) is 4.62. The van der Waals surface area contributed by atoms with Crippen LogP contribution in [0, 0.1) is 0 Å². The van der Waals surface area contributed by atoms with Gasteiger partial charge in [-0.3, -0.25) is 4.79 Å². The summed E-state index contributed by atoms with van der Waals surface area (Å²) < 4.78 is 10.7. The molecule has 0 bridgehead atoms. The van der Waals surface area contributed by atoms with Gasteiger partial charge in [0.1, 0.15) is 5.25 Å². The molecule has 0 spiro atoms. The Morgan fingerprint density at radius 3 is 2.90 bits per heavy atom. The van der Waals surface area contributed by atoms with Crippen LogP contribution in [0.25, 0.3) is 11.5 Å². The summed E-state index contributed by atoms with van der Waals surface area (Å²) in [5.74, 6) is 1.48. The summed E-state index contributed by atoms with van der Waals surface area (Å²) in [7, 11) is 0. The lowest BCUT2D eigenvalue weighted by atomic mass is 10.2. The summed E-state index contributed by atoms with van der Waals surface area (Å²) in [6, 6.07) is 7.08. The van der Waals surface area contributed by atoms with Crippen LogP contribution in [-0.4, -0.2) is 27.2 Å². The van der Waals surface area contributed by atoms with Gasteiger partial charge in [0, 0.05) is 10.6 Å². The van der Waals surface area contributed by atoms with E-state index in [0.717, 1.165) is 24.2 Å². The Kier molecular flexibility index (Phi) is 4.45. The predicted octanol–water partition coefficient (Wildman–Crippen LogP) is 3.33. The summed E-state index contributed by atoms with van der Waals surface area (Å²) in [6.45, 7) is 0.0104. The number of halogens is 1. The summed E-state index contributed by atoms with van der Waals surface area (Å²) in [4.78, 5) is 11.8. The van der Waals surface area contributed by atoms with E-state index < -0.39 is 0 Å². The van der Waals surface area contributed by atoms with Gasteiger partial charge in [-0.15, -0.1) is 22.0 Å². The van der Waals surface area contributed by atoms with Crippen molar-refractivity contribution in [2.24, 2.45) is 0 Å². The maximum Gasteiger partial charge on any atom is 0.319 e. The monoisotopic (exact) mass is 324 g/mol. The smallest absolute Gasteiger partial charge is 0.319 e. The zero-order chi connectivity index (χ0) is 14.7. The van der Waals surface area contributed by atoms with Gasteiger partial charge in [0.2, 0.25) is 5.89 Å². The molecular weight excluding hydrogens is 312 g/mol. The maximum atomic E-state index is 11.8. The highest BCUT2D eigenvalue weighted by atomic mass is 35.5. The Bertz CT molecular complexity index is 623. The van der Waals surface area contributed by atoms with Crippen LogP contribution < -0.4 is 0 Å². The number of benzene rings is 1. The van der Waals surface area contributed by atoms with Gasteiger partial charge in [-0.25, -0.2) is 0 Å². The number of ether oxygens (including phenoxy) is 1. The van der Waals surface area contributed by atoms with E-state index in [1.165, 1.54) is 0 Å². The van der Waals surface area contributed by atoms with E-state index in [0.29, 0.717) is 10.9 Å². The molecule has 1 atom stereocenters. The molecule has 0 saturated carbocycles. The Morgan fingerprint density at radius 1 is 1.38 bits per heavy atom. The number of carbonyl (C=O) groups is 1. The molecule has 1 saturated heterocycles. The van der Waals surface area contributed by atoms with Crippen molar-refractivity contribution in [3.8, 4) is 11.5 Å². The SMILES string of the molecule is O=C(OCc1nnc(-c2ccc(Cl)cc2)o1)C1CCCS1. The van der Waals surface area contributed by atoms with E-state index >= 15 is 0 Å². The van der Waals surface area contributed by atoms with Gasteiger partial charge in [0.15, 0.2) is 6.61 Å². The first-order valence-electron chi connectivity index (χ1n) is 6.59. The first kappa shape index (κ1) is 14.4. The molecular formula is C14H13ClN2O3S. The van der Waals surface area contributed by atoms with E-state index in [9.17, 15) is 4.79 Å². The van der Waals surface area contributed by atoms with Crippen molar-refractivity contribution in [3.05, 3.63) is 35.2 Å². The molecule has 0 aliphatic carbocycles. The van der Waals surface area contributed by atoms with Gasteiger partial charge >= 0.3 is 5.97 Å². The van der Waals surface area contributed by atoms with Crippen molar-refractivity contribution in [3.63, 3.8) is 0 Å². The minimum absolute atomic E-state index is 0.0104. The van der Waals surface area contributed by atoms with Crippen molar-refractivity contribution in [1.29, 1.82) is 0 Å². The van der Waals surface area contributed by atoms with Crippen LogP contribution in [0.4, 0.5) is 0 Å². The van der Waals surface area contributed by atoms with Crippen molar-refractivity contribution in [2.75, 3.05) is 5.75 Å². The van der Waals surface area contributed by atoms with Crippen LogP contribution in [0.1, 0.15) is 18.7 Å². The first-order valence-corrected chi connectivity index (χ1v) is 8.01. The fraction of sp³-hybridized carbons (Fsp3) is 0.357. The molecule has 110 valence electrons. The first-order chi connectivity index (χ1) is 10.2. The third-order valence-electron chi connectivity index (χ3n) is 3.09. The standard InChI is InChI=1S/C14H13ClN2O3S/c15-10-5-3-9(4-6-10)13-17-16-12(20-13)8-19-14(18)11-2-1-7-21-11/h3-6,11H,1-2,7-8H2. The summed E-state index contributed by atoms with van der Waals surface area (Å²) in [5.41, 5.74) is 0.774. The van der Waals surface area contributed by atoms with Crippen LogP contribution >= 0.6 is 23.4 Å². The minimum Gasteiger partial charge on any atom is -0.455 e. The number of rotatable bonds is 4. The molecule has 1 aromatic heterocycles. The average molecular weight is 325 g/mol. The van der Waals surface area contributed by atoms with Crippen LogP contribution in [0.15, 0.2) is 28.7 Å². The number of carbonyl (C=O) groups excluding carboxylic acids is 1. The van der Waals surface area contributed by atoms with Gasteiger partial charge < -0.3 is 9.15 Å². The molecule has 0 N–H and O–H groups in total. The zero-order valence-corrected chi connectivity index (χ0v) is 12.7. The quantitative estimate of drug-likeness (QED) is 0.804. The highest BCUT2D eigenvalue weighted by molar-refractivity contribution is 8.00. The Labute approximate surface area is 131 Å². The molecule has 2 aromatic rings. The molecule has 5 nitrogen and oxygen atoms in total. The molecule has 0 radical (unpaired) electrons. The molecule has 21 heavy (non-hydrogen) atoms. The van der Waals surface area contributed by atoms with Crippen LogP contribution in [0.3, 0.4) is 0 Å². The number of aromatic nitrogens is 2. The van der Waals surface area contributed by atoms with E-state index in [1.807, 2.05) is 0 Å². The lowest BCUT2D eigenvalue weighted by molar-refractivity contribution is -0.144. The van der Waals surface area contributed by atoms with Gasteiger partial charge in [-0.05, 0) is 42.9 Å². The van der Waals surface area contributed by atoms with Gasteiger partial charge in [-0.1, -0.05) is 11.6 Å². The largest absolute Gasteiger partial charge is 0.455 e. The molecule has 1 fully saturated rings. The number of thioether (sulfide) groups is 1. The highest BCUT2D eigenvalue weighted by Gasteiger charge is 2.25. The fourth-order valence-electron chi connectivity index (χ4n) is 2.01. The van der Waals surface area contributed by atoms with Gasteiger partial charge in [0.25, 0.3) is 5.89 Å². The molecule has 1 aliphatic rings. The lowest BCUT2D eigenvalue weighted by Crippen LogP contribution is -2.17. The fourth-order valence-corrected chi connectivity index (χ4v) is 3.29. The normalized spacial score (nSPS) is 17.9. The Balaban J connectivity index is 1.60. The predicted molar refractivity (Wildman–Crippen MR) is 80.0 cm³/mol. The lowest BCUT2D eigenvalue weighted by Gasteiger charge is -2.06. The zero-order valence-electron chi connectivity index (χ0n) is 11.1.